The van der Waals surface area contributed by atoms with E-state index in [1.54, 1.807) is 29.4 Å². The van der Waals surface area contributed by atoms with Gasteiger partial charge >= 0.3 is 0 Å². The van der Waals surface area contributed by atoms with Crippen molar-refractivity contribution in [1.29, 1.82) is 0 Å². The number of amides is 1. The van der Waals surface area contributed by atoms with Crippen LogP contribution >= 0.6 is 0 Å². The number of nitrogens with zero attached hydrogens (tertiary/aromatic N) is 5. The topological polar surface area (TPSA) is 108 Å². The van der Waals surface area contributed by atoms with Crippen molar-refractivity contribution < 1.29 is 14.1 Å². The molecule has 0 atom stereocenters. The number of aromatic nitrogens is 5. The average Bonchev–Trinajstić information content (AvgIpc) is 3.49. The molecule has 0 fully saturated rings. The van der Waals surface area contributed by atoms with Crippen molar-refractivity contribution in [3.05, 3.63) is 72.2 Å². The van der Waals surface area contributed by atoms with E-state index in [0.29, 0.717) is 36.2 Å². The van der Waals surface area contributed by atoms with Gasteiger partial charge < -0.3 is 14.6 Å². The maximum Gasteiger partial charge on any atom is 0.271 e. The predicted molar refractivity (Wildman–Crippen MR) is 122 cm³/mol. The van der Waals surface area contributed by atoms with Crippen molar-refractivity contribution in [2.45, 2.75) is 39.7 Å². The van der Waals surface area contributed by atoms with Crippen LogP contribution in [0.5, 0.6) is 5.75 Å². The van der Waals surface area contributed by atoms with Crippen LogP contribution in [0.4, 0.5) is 0 Å². The lowest BCUT2D eigenvalue weighted by molar-refractivity contribution is 0.0946. The first-order valence-electron chi connectivity index (χ1n) is 10.7. The van der Waals surface area contributed by atoms with E-state index in [-0.39, 0.29) is 17.0 Å². The second-order valence-corrected chi connectivity index (χ2v) is 8.47. The molecule has 1 amide bonds. The highest BCUT2D eigenvalue weighted by atomic mass is 16.5. The monoisotopic (exact) mass is 446 g/mol. The van der Waals surface area contributed by atoms with E-state index < -0.39 is 0 Å². The number of benzene rings is 1. The largest absolute Gasteiger partial charge is 0.494 e. The zero-order chi connectivity index (χ0) is 23.4. The molecule has 0 aliphatic carbocycles. The fourth-order valence-electron chi connectivity index (χ4n) is 3.11. The molecule has 0 bridgehead atoms. The highest BCUT2D eigenvalue weighted by Gasteiger charge is 2.23. The normalized spacial score (nSPS) is 11.4. The van der Waals surface area contributed by atoms with E-state index in [2.05, 4.69) is 25.4 Å². The Kier molecular flexibility index (Phi) is 6.21. The van der Waals surface area contributed by atoms with Crippen molar-refractivity contribution in [1.82, 2.24) is 30.0 Å². The summed E-state index contributed by atoms with van der Waals surface area (Å²) in [5.41, 5.74) is 1.65. The minimum Gasteiger partial charge on any atom is -0.494 e. The lowest BCUT2D eigenvalue weighted by Crippen LogP contribution is -2.23. The smallest absolute Gasteiger partial charge is 0.271 e. The number of nitrogens with one attached hydrogen (secondary N) is 1. The third kappa shape index (κ3) is 5.08. The molecule has 0 aliphatic heterocycles. The van der Waals surface area contributed by atoms with E-state index in [0.717, 1.165) is 11.3 Å². The molecule has 0 saturated carbocycles. The number of imidazole rings is 1. The van der Waals surface area contributed by atoms with E-state index in [1.807, 2.05) is 58.0 Å². The quantitative estimate of drug-likeness (QED) is 0.458. The summed E-state index contributed by atoms with van der Waals surface area (Å²) in [7, 11) is 0. The summed E-state index contributed by atoms with van der Waals surface area (Å²) in [6.07, 6.45) is 4.82. The minimum absolute atomic E-state index is 0.242. The van der Waals surface area contributed by atoms with E-state index in [1.165, 1.54) is 0 Å². The number of hydrogen-bond donors (Lipinski definition) is 1. The highest BCUT2D eigenvalue weighted by Crippen LogP contribution is 2.27. The molecule has 9 nitrogen and oxygen atoms in total. The molecule has 0 radical (unpaired) electrons. The second-order valence-electron chi connectivity index (χ2n) is 8.47. The van der Waals surface area contributed by atoms with Crippen LogP contribution in [-0.2, 0) is 12.0 Å². The van der Waals surface area contributed by atoms with Gasteiger partial charge in [-0.05, 0) is 36.8 Å². The van der Waals surface area contributed by atoms with Gasteiger partial charge in [0.2, 0.25) is 0 Å². The van der Waals surface area contributed by atoms with Crippen molar-refractivity contribution >= 4 is 5.91 Å². The number of hydrogen-bond acceptors (Lipinski definition) is 7. The Morgan fingerprint density at radius 1 is 1.15 bits per heavy atom. The average molecular weight is 447 g/mol. The van der Waals surface area contributed by atoms with Crippen molar-refractivity contribution in [2.75, 3.05) is 6.61 Å². The Bertz CT molecular complexity index is 1240. The van der Waals surface area contributed by atoms with Crippen LogP contribution < -0.4 is 10.1 Å². The fourth-order valence-corrected chi connectivity index (χ4v) is 3.11. The summed E-state index contributed by atoms with van der Waals surface area (Å²) in [5.74, 6) is 2.02. The number of carbonyl (C=O) groups excluding carboxylic acids is 1. The van der Waals surface area contributed by atoms with Gasteiger partial charge in [0, 0.05) is 24.4 Å². The molecule has 33 heavy (non-hydrogen) atoms. The molecule has 170 valence electrons. The van der Waals surface area contributed by atoms with Gasteiger partial charge in [-0.15, -0.1) is 0 Å². The van der Waals surface area contributed by atoms with Crippen LogP contribution in [0.1, 0.15) is 49.6 Å². The fraction of sp³-hybridized carbons (Fsp3) is 0.292. The molecule has 4 rings (SSSR count). The predicted octanol–water partition coefficient (Wildman–Crippen LogP) is 3.94. The Hall–Kier alpha value is -4.01. The van der Waals surface area contributed by atoms with E-state index in [9.17, 15) is 4.79 Å². The highest BCUT2D eigenvalue weighted by molar-refractivity contribution is 5.92. The first-order valence-corrected chi connectivity index (χ1v) is 10.7. The summed E-state index contributed by atoms with van der Waals surface area (Å²) >= 11 is 0. The third-order valence-corrected chi connectivity index (χ3v) is 4.86. The Morgan fingerprint density at radius 3 is 2.64 bits per heavy atom. The number of ether oxygens (including phenoxy) is 1. The Balaban J connectivity index is 1.49. The SMILES string of the molecule is CCOc1ccc(CNC(=O)c2cn(-c3ncccc3-c3nc(C(C)(C)C)no3)cn2)cc1. The summed E-state index contributed by atoms with van der Waals surface area (Å²) < 4.78 is 12.6. The van der Waals surface area contributed by atoms with Crippen LogP contribution in [0.2, 0.25) is 0 Å². The lowest BCUT2D eigenvalue weighted by Gasteiger charge is -2.11. The molecule has 4 aromatic rings. The van der Waals surface area contributed by atoms with Gasteiger partial charge in [-0.25, -0.2) is 9.97 Å². The lowest BCUT2D eigenvalue weighted by atomic mass is 9.96. The van der Waals surface area contributed by atoms with Crippen molar-refractivity contribution in [3.8, 4) is 23.0 Å². The second kappa shape index (κ2) is 9.23. The van der Waals surface area contributed by atoms with E-state index >= 15 is 0 Å². The van der Waals surface area contributed by atoms with Gasteiger partial charge in [-0.2, -0.15) is 4.98 Å². The summed E-state index contributed by atoms with van der Waals surface area (Å²) in [6, 6.07) is 11.2. The van der Waals surface area contributed by atoms with Gasteiger partial charge in [0.15, 0.2) is 11.6 Å². The van der Waals surface area contributed by atoms with Crippen molar-refractivity contribution in [3.63, 3.8) is 0 Å². The summed E-state index contributed by atoms with van der Waals surface area (Å²) in [4.78, 5) is 25.8. The molecule has 3 aromatic heterocycles. The van der Waals surface area contributed by atoms with Gasteiger partial charge in [0.05, 0.1) is 12.2 Å². The molecule has 0 spiro atoms. The van der Waals surface area contributed by atoms with Crippen LogP contribution in [-0.4, -0.2) is 37.2 Å². The molecule has 0 aliphatic rings. The molecule has 1 aromatic carbocycles. The Labute approximate surface area is 191 Å². The summed E-state index contributed by atoms with van der Waals surface area (Å²) in [5, 5.41) is 6.97. The minimum atomic E-state index is -0.284. The maximum atomic E-state index is 12.6. The summed E-state index contributed by atoms with van der Waals surface area (Å²) in [6.45, 7) is 8.97. The van der Waals surface area contributed by atoms with Gasteiger partial charge in [0.1, 0.15) is 17.8 Å². The maximum absolute atomic E-state index is 12.6. The van der Waals surface area contributed by atoms with E-state index in [4.69, 9.17) is 9.26 Å². The van der Waals surface area contributed by atoms with Crippen LogP contribution in [0.3, 0.4) is 0 Å². The van der Waals surface area contributed by atoms with Gasteiger partial charge in [-0.3, -0.25) is 9.36 Å². The van der Waals surface area contributed by atoms with Gasteiger partial charge in [0.25, 0.3) is 11.8 Å². The number of carbonyl (C=O) groups is 1. The van der Waals surface area contributed by atoms with Crippen LogP contribution in [0.25, 0.3) is 17.3 Å². The number of pyridine rings is 1. The van der Waals surface area contributed by atoms with Gasteiger partial charge in [-0.1, -0.05) is 38.1 Å². The molecule has 0 saturated heterocycles. The molecule has 1 N–H and O–H groups in total. The first-order chi connectivity index (χ1) is 15.8. The number of rotatable bonds is 7. The first kappa shape index (κ1) is 22.2. The Morgan fingerprint density at radius 2 is 1.94 bits per heavy atom. The third-order valence-electron chi connectivity index (χ3n) is 4.86. The zero-order valence-electron chi connectivity index (χ0n) is 19.1. The van der Waals surface area contributed by atoms with Crippen molar-refractivity contribution in [2.24, 2.45) is 0 Å². The standard InChI is InChI=1S/C24H26N6O3/c1-5-32-17-10-8-16(9-11-17)13-26-21(31)19-14-30(15-27-19)20-18(7-6-12-25-20)22-28-23(29-33-22)24(2,3)4/h6-12,14-15H,5,13H2,1-4H3,(H,26,31). The molecular weight excluding hydrogens is 420 g/mol. The molecular formula is C24H26N6O3. The molecule has 3 heterocycles. The zero-order valence-corrected chi connectivity index (χ0v) is 19.1. The van der Waals surface area contributed by atoms with Crippen LogP contribution in [0.15, 0.2) is 59.6 Å². The molecule has 0 unspecified atom stereocenters. The van der Waals surface area contributed by atoms with Crippen LogP contribution in [0, 0.1) is 0 Å². The molecule has 9 heteroatoms.